The molecule has 4 rings (SSSR count). The summed E-state index contributed by atoms with van der Waals surface area (Å²) in [4.78, 5) is 22.1. The molecule has 6 heteroatoms. The van der Waals surface area contributed by atoms with Crippen LogP contribution >= 0.6 is 0 Å². The van der Waals surface area contributed by atoms with Crippen LogP contribution in [0.25, 0.3) is 11.0 Å². The van der Waals surface area contributed by atoms with Gasteiger partial charge in [-0.25, -0.2) is 9.37 Å². The summed E-state index contributed by atoms with van der Waals surface area (Å²) >= 11 is 0. The summed E-state index contributed by atoms with van der Waals surface area (Å²) in [5.41, 5.74) is 5.43. The Balaban J connectivity index is 1.56. The highest BCUT2D eigenvalue weighted by atomic mass is 19.1. The van der Waals surface area contributed by atoms with E-state index in [1.165, 1.54) is 23.3 Å². The topological polar surface area (TPSA) is 41.4 Å². The second kappa shape index (κ2) is 9.18. The van der Waals surface area contributed by atoms with E-state index in [4.69, 9.17) is 4.98 Å². The van der Waals surface area contributed by atoms with E-state index in [1.54, 1.807) is 12.1 Å². The van der Waals surface area contributed by atoms with Crippen LogP contribution in [0, 0.1) is 19.7 Å². The normalized spacial score (nSPS) is 15.0. The highest BCUT2D eigenvalue weighted by molar-refractivity contribution is 5.79. The van der Waals surface area contributed by atoms with Gasteiger partial charge in [0, 0.05) is 45.6 Å². The molecule has 0 radical (unpaired) electrons. The van der Waals surface area contributed by atoms with Crippen molar-refractivity contribution in [3.8, 4) is 0 Å². The number of carbonyl (C=O) groups excluding carboxylic acids is 1. The molecule has 1 saturated heterocycles. The summed E-state index contributed by atoms with van der Waals surface area (Å²) < 4.78 is 15.5. The van der Waals surface area contributed by atoms with Gasteiger partial charge in [-0.15, -0.1) is 0 Å². The Hall–Kier alpha value is -2.73. The van der Waals surface area contributed by atoms with E-state index in [-0.39, 0.29) is 11.7 Å². The average molecular weight is 423 g/mol. The SMILES string of the molecule is CCN1CCN(C(=O)CCn2c(Cc3ccc(F)cc3)nc3cc(C)c(C)cc32)CC1. The van der Waals surface area contributed by atoms with Gasteiger partial charge in [-0.2, -0.15) is 0 Å². The number of hydrogen-bond acceptors (Lipinski definition) is 3. The van der Waals surface area contributed by atoms with Gasteiger partial charge in [0.15, 0.2) is 0 Å². The number of halogens is 1. The Kier molecular flexibility index (Phi) is 6.37. The summed E-state index contributed by atoms with van der Waals surface area (Å²) in [6.07, 6.45) is 1.07. The van der Waals surface area contributed by atoms with Gasteiger partial charge in [0.2, 0.25) is 5.91 Å². The third-order valence-corrected chi connectivity index (χ3v) is 6.44. The lowest BCUT2D eigenvalue weighted by Crippen LogP contribution is -2.48. The molecule has 0 bridgehead atoms. The fraction of sp³-hybridized carbons (Fsp3) is 0.440. The predicted molar refractivity (Wildman–Crippen MR) is 122 cm³/mol. The van der Waals surface area contributed by atoms with Crippen LogP contribution in [-0.2, 0) is 17.8 Å². The number of amides is 1. The van der Waals surface area contributed by atoms with Crippen LogP contribution in [0.4, 0.5) is 4.39 Å². The van der Waals surface area contributed by atoms with Gasteiger partial charge in [-0.3, -0.25) is 4.79 Å². The summed E-state index contributed by atoms with van der Waals surface area (Å²) in [5.74, 6) is 0.877. The number of likely N-dealkylation sites (N-methyl/N-ethyl adjacent to an activating group) is 1. The van der Waals surface area contributed by atoms with Crippen molar-refractivity contribution in [1.82, 2.24) is 19.4 Å². The van der Waals surface area contributed by atoms with Crippen molar-refractivity contribution in [2.75, 3.05) is 32.7 Å². The first kappa shape index (κ1) is 21.5. The first-order chi connectivity index (χ1) is 14.9. The maximum Gasteiger partial charge on any atom is 0.224 e. The van der Waals surface area contributed by atoms with Crippen molar-refractivity contribution in [2.45, 2.75) is 40.2 Å². The zero-order valence-corrected chi connectivity index (χ0v) is 18.7. The van der Waals surface area contributed by atoms with Gasteiger partial charge in [0.25, 0.3) is 0 Å². The van der Waals surface area contributed by atoms with E-state index < -0.39 is 0 Å². The van der Waals surface area contributed by atoms with E-state index in [9.17, 15) is 9.18 Å². The molecule has 1 amide bonds. The molecule has 0 spiro atoms. The number of nitrogens with zero attached hydrogens (tertiary/aromatic N) is 4. The van der Waals surface area contributed by atoms with E-state index in [0.717, 1.165) is 55.1 Å². The molecule has 3 aromatic rings. The molecule has 164 valence electrons. The molecular weight excluding hydrogens is 391 g/mol. The van der Waals surface area contributed by atoms with Crippen LogP contribution in [0.1, 0.15) is 35.9 Å². The van der Waals surface area contributed by atoms with Crippen LogP contribution in [0.3, 0.4) is 0 Å². The summed E-state index contributed by atoms with van der Waals surface area (Å²) in [6.45, 7) is 11.5. The van der Waals surface area contributed by atoms with Crippen LogP contribution in [-0.4, -0.2) is 58.0 Å². The van der Waals surface area contributed by atoms with Crippen molar-refractivity contribution < 1.29 is 9.18 Å². The largest absolute Gasteiger partial charge is 0.340 e. The Bertz CT molecular complexity index is 1070. The standard InChI is InChI=1S/C25H31FN4O/c1-4-28-11-13-29(14-12-28)25(31)9-10-30-23-16-19(3)18(2)15-22(23)27-24(30)17-20-5-7-21(26)8-6-20/h5-8,15-16H,4,9-14,17H2,1-3H3. The fourth-order valence-electron chi connectivity index (χ4n) is 4.28. The van der Waals surface area contributed by atoms with Gasteiger partial charge < -0.3 is 14.4 Å². The minimum absolute atomic E-state index is 0.203. The van der Waals surface area contributed by atoms with Crippen LogP contribution in [0.5, 0.6) is 0 Å². The van der Waals surface area contributed by atoms with E-state index >= 15 is 0 Å². The first-order valence-electron chi connectivity index (χ1n) is 11.2. The average Bonchev–Trinajstić information content (AvgIpc) is 3.09. The molecule has 1 aliphatic heterocycles. The van der Waals surface area contributed by atoms with Crippen LogP contribution in [0.15, 0.2) is 36.4 Å². The third-order valence-electron chi connectivity index (χ3n) is 6.44. The monoisotopic (exact) mass is 422 g/mol. The number of aryl methyl sites for hydroxylation is 3. The molecular formula is C25H31FN4O. The molecule has 31 heavy (non-hydrogen) atoms. The molecule has 0 aliphatic carbocycles. The molecule has 0 atom stereocenters. The summed E-state index contributed by atoms with van der Waals surface area (Å²) in [5, 5.41) is 0. The van der Waals surface area contributed by atoms with Gasteiger partial charge in [-0.1, -0.05) is 19.1 Å². The van der Waals surface area contributed by atoms with Gasteiger partial charge in [0.1, 0.15) is 11.6 Å². The second-order valence-electron chi connectivity index (χ2n) is 8.47. The number of aromatic nitrogens is 2. The Morgan fingerprint density at radius 1 is 1.03 bits per heavy atom. The Labute approximate surface area is 183 Å². The highest BCUT2D eigenvalue weighted by Gasteiger charge is 2.21. The Morgan fingerprint density at radius 2 is 1.71 bits per heavy atom. The predicted octanol–water partition coefficient (Wildman–Crippen LogP) is 3.94. The zero-order valence-electron chi connectivity index (χ0n) is 18.7. The number of rotatable bonds is 6. The third kappa shape index (κ3) is 4.79. The van der Waals surface area contributed by atoms with Crippen molar-refractivity contribution in [3.63, 3.8) is 0 Å². The lowest BCUT2D eigenvalue weighted by Gasteiger charge is -2.34. The fourth-order valence-corrected chi connectivity index (χ4v) is 4.28. The quantitative estimate of drug-likeness (QED) is 0.604. The van der Waals surface area contributed by atoms with Crippen molar-refractivity contribution >= 4 is 16.9 Å². The van der Waals surface area contributed by atoms with E-state index in [0.29, 0.717) is 19.4 Å². The van der Waals surface area contributed by atoms with Crippen molar-refractivity contribution in [1.29, 1.82) is 0 Å². The van der Waals surface area contributed by atoms with Crippen LogP contribution in [0.2, 0.25) is 0 Å². The molecule has 1 aromatic heterocycles. The maximum atomic E-state index is 13.3. The number of carbonyl (C=O) groups is 1. The minimum atomic E-state index is -0.239. The lowest BCUT2D eigenvalue weighted by atomic mass is 10.1. The smallest absolute Gasteiger partial charge is 0.224 e. The number of imidazole rings is 1. The number of piperazine rings is 1. The van der Waals surface area contributed by atoms with E-state index in [2.05, 4.69) is 42.4 Å². The maximum absolute atomic E-state index is 13.3. The van der Waals surface area contributed by atoms with E-state index in [1.807, 2.05) is 4.90 Å². The molecule has 1 fully saturated rings. The highest BCUT2D eigenvalue weighted by Crippen LogP contribution is 2.23. The minimum Gasteiger partial charge on any atom is -0.340 e. The first-order valence-corrected chi connectivity index (χ1v) is 11.2. The summed E-state index contributed by atoms with van der Waals surface area (Å²) in [6, 6.07) is 10.8. The molecule has 1 aliphatic rings. The van der Waals surface area contributed by atoms with Gasteiger partial charge >= 0.3 is 0 Å². The number of fused-ring (bicyclic) bond motifs is 1. The van der Waals surface area contributed by atoms with Crippen LogP contribution < -0.4 is 0 Å². The number of hydrogen-bond donors (Lipinski definition) is 0. The lowest BCUT2D eigenvalue weighted by molar-refractivity contribution is -0.133. The summed E-state index contributed by atoms with van der Waals surface area (Å²) in [7, 11) is 0. The molecule has 0 saturated carbocycles. The molecule has 2 aromatic carbocycles. The van der Waals surface area contributed by atoms with Gasteiger partial charge in [-0.05, 0) is 61.3 Å². The van der Waals surface area contributed by atoms with Crippen molar-refractivity contribution in [2.24, 2.45) is 0 Å². The molecule has 0 N–H and O–H groups in total. The molecule has 5 nitrogen and oxygen atoms in total. The second-order valence-corrected chi connectivity index (χ2v) is 8.47. The molecule has 0 unspecified atom stereocenters. The Morgan fingerprint density at radius 3 is 2.39 bits per heavy atom. The van der Waals surface area contributed by atoms with Gasteiger partial charge in [0.05, 0.1) is 11.0 Å². The number of benzene rings is 2. The molecule has 2 heterocycles. The zero-order chi connectivity index (χ0) is 22.0. The van der Waals surface area contributed by atoms with Crippen molar-refractivity contribution in [3.05, 3.63) is 64.7 Å².